The van der Waals surface area contributed by atoms with Gasteiger partial charge in [-0.1, -0.05) is 20.8 Å². The number of fused-ring (bicyclic) bond motifs is 1. The smallest absolute Gasteiger partial charge is 0.241 e. The van der Waals surface area contributed by atoms with Crippen molar-refractivity contribution in [2.24, 2.45) is 5.92 Å². The molecular weight excluding hydrogens is 406 g/mol. The van der Waals surface area contributed by atoms with Crippen molar-refractivity contribution in [1.82, 2.24) is 15.4 Å². The number of hydrogen-bond donors (Lipinski definition) is 3. The molecule has 1 aromatic rings. The highest BCUT2D eigenvalue weighted by Gasteiger charge is 2.29. The van der Waals surface area contributed by atoms with Crippen molar-refractivity contribution in [3.05, 3.63) is 18.2 Å². The second-order valence-electron chi connectivity index (χ2n) is 6.69. The van der Waals surface area contributed by atoms with E-state index in [1.54, 1.807) is 19.9 Å². The van der Waals surface area contributed by atoms with E-state index in [-0.39, 0.29) is 29.1 Å². The number of carbonyl (C=O) groups excluding carboxylic acids is 1. The minimum Gasteiger partial charge on any atom is -0.486 e. The van der Waals surface area contributed by atoms with E-state index >= 15 is 0 Å². The minimum absolute atomic E-state index is 0. The largest absolute Gasteiger partial charge is 0.486 e. The van der Waals surface area contributed by atoms with Gasteiger partial charge in [-0.05, 0) is 31.0 Å². The first kappa shape index (κ1) is 24.5. The minimum atomic E-state index is -3.88. The summed E-state index contributed by atoms with van der Waals surface area (Å²) in [5, 5.41) is 5.96. The van der Waals surface area contributed by atoms with Gasteiger partial charge in [-0.2, -0.15) is 4.72 Å². The van der Waals surface area contributed by atoms with Gasteiger partial charge in [0, 0.05) is 19.2 Å². The zero-order valence-electron chi connectivity index (χ0n) is 16.5. The molecule has 0 aliphatic carbocycles. The van der Waals surface area contributed by atoms with Crippen LogP contribution in [0.25, 0.3) is 0 Å². The first-order valence-corrected chi connectivity index (χ1v) is 10.7. The summed E-state index contributed by atoms with van der Waals surface area (Å²) in [6.45, 7) is 8.41. The molecule has 160 valence electrons. The lowest BCUT2D eigenvalue weighted by Crippen LogP contribution is -2.50. The molecule has 8 nitrogen and oxygen atoms in total. The molecule has 0 spiro atoms. The maximum absolute atomic E-state index is 12.8. The molecule has 2 rings (SSSR count). The SMILES string of the molecule is CCCNCCNC(=O)C(NS(=O)(=O)c1ccc2c(c1)OCCO2)C(C)C.Cl. The van der Waals surface area contributed by atoms with Crippen molar-refractivity contribution in [3.8, 4) is 11.5 Å². The van der Waals surface area contributed by atoms with Gasteiger partial charge in [-0.25, -0.2) is 8.42 Å². The normalized spacial score (nSPS) is 14.3. The summed E-state index contributed by atoms with van der Waals surface area (Å²) < 4.78 is 38.9. The Hall–Kier alpha value is -1.55. The topological polar surface area (TPSA) is 106 Å². The average Bonchev–Trinajstić information content (AvgIpc) is 2.65. The van der Waals surface area contributed by atoms with Crippen molar-refractivity contribution < 1.29 is 22.7 Å². The second-order valence-corrected chi connectivity index (χ2v) is 8.40. The summed E-state index contributed by atoms with van der Waals surface area (Å²) in [5.74, 6) is 0.347. The third-order valence-corrected chi connectivity index (χ3v) is 5.52. The number of amides is 1. The number of sulfonamides is 1. The molecule has 0 fully saturated rings. The van der Waals surface area contributed by atoms with Crippen LogP contribution in [-0.4, -0.2) is 53.2 Å². The van der Waals surface area contributed by atoms with Crippen LogP contribution < -0.4 is 24.8 Å². The van der Waals surface area contributed by atoms with Gasteiger partial charge in [0.05, 0.1) is 4.90 Å². The van der Waals surface area contributed by atoms with Gasteiger partial charge >= 0.3 is 0 Å². The van der Waals surface area contributed by atoms with E-state index in [1.807, 2.05) is 0 Å². The van der Waals surface area contributed by atoms with Crippen molar-refractivity contribution in [2.75, 3.05) is 32.8 Å². The van der Waals surface area contributed by atoms with E-state index in [1.165, 1.54) is 12.1 Å². The first-order chi connectivity index (χ1) is 12.8. The van der Waals surface area contributed by atoms with Gasteiger partial charge in [0.25, 0.3) is 0 Å². The standard InChI is InChI=1S/C18H29N3O5S.ClH/c1-4-7-19-8-9-20-18(22)17(13(2)3)21-27(23,24)14-5-6-15-16(12-14)26-11-10-25-15;/h5-6,12-13,17,19,21H,4,7-11H2,1-3H3,(H,20,22);1H. The van der Waals surface area contributed by atoms with Crippen LogP contribution in [-0.2, 0) is 14.8 Å². The highest BCUT2D eigenvalue weighted by molar-refractivity contribution is 7.89. The Balaban J connectivity index is 0.00000392. The summed E-state index contributed by atoms with van der Waals surface area (Å²) in [6.07, 6.45) is 1.01. The highest BCUT2D eigenvalue weighted by atomic mass is 35.5. The van der Waals surface area contributed by atoms with E-state index in [9.17, 15) is 13.2 Å². The molecule has 0 saturated heterocycles. The van der Waals surface area contributed by atoms with Crippen LogP contribution in [0, 0.1) is 5.92 Å². The molecule has 0 saturated carbocycles. The van der Waals surface area contributed by atoms with Crippen molar-refractivity contribution in [3.63, 3.8) is 0 Å². The first-order valence-electron chi connectivity index (χ1n) is 9.25. The maximum Gasteiger partial charge on any atom is 0.241 e. The molecular formula is C18H30ClN3O5S. The predicted molar refractivity (Wildman–Crippen MR) is 110 cm³/mol. The van der Waals surface area contributed by atoms with Crippen molar-refractivity contribution >= 4 is 28.3 Å². The van der Waals surface area contributed by atoms with Gasteiger partial charge in [-0.3, -0.25) is 4.79 Å². The zero-order valence-corrected chi connectivity index (χ0v) is 18.1. The predicted octanol–water partition coefficient (Wildman–Crippen LogP) is 1.30. The van der Waals surface area contributed by atoms with Gasteiger partial charge in [0.15, 0.2) is 11.5 Å². The molecule has 0 bridgehead atoms. The van der Waals surface area contributed by atoms with Gasteiger partial charge in [0.1, 0.15) is 19.3 Å². The number of rotatable bonds is 10. The van der Waals surface area contributed by atoms with E-state index in [4.69, 9.17) is 9.47 Å². The zero-order chi connectivity index (χ0) is 19.9. The molecule has 3 N–H and O–H groups in total. The maximum atomic E-state index is 12.8. The van der Waals surface area contributed by atoms with Gasteiger partial charge in [-0.15, -0.1) is 12.4 Å². The van der Waals surface area contributed by atoms with Crippen LogP contribution in [0.3, 0.4) is 0 Å². The molecule has 1 aromatic carbocycles. The number of carbonyl (C=O) groups is 1. The fourth-order valence-corrected chi connectivity index (χ4v) is 3.96. The van der Waals surface area contributed by atoms with E-state index in [0.717, 1.165) is 13.0 Å². The Morgan fingerprint density at radius 2 is 1.79 bits per heavy atom. The Kier molecular flexibility index (Phi) is 10.0. The molecule has 1 unspecified atom stereocenters. The van der Waals surface area contributed by atoms with Gasteiger partial charge < -0.3 is 20.1 Å². The average molecular weight is 436 g/mol. The third-order valence-electron chi connectivity index (χ3n) is 4.08. The van der Waals surface area contributed by atoms with E-state index < -0.39 is 16.1 Å². The molecule has 10 heteroatoms. The van der Waals surface area contributed by atoms with Crippen LogP contribution in [0.4, 0.5) is 0 Å². The molecule has 1 heterocycles. The van der Waals surface area contributed by atoms with Crippen LogP contribution >= 0.6 is 12.4 Å². The number of halogens is 1. The van der Waals surface area contributed by atoms with Crippen LogP contribution in [0.15, 0.2) is 23.1 Å². The summed E-state index contributed by atoms with van der Waals surface area (Å²) in [6, 6.07) is 3.56. The second kappa shape index (κ2) is 11.5. The fraction of sp³-hybridized carbons (Fsp3) is 0.611. The summed E-state index contributed by atoms with van der Waals surface area (Å²) in [5.41, 5.74) is 0. The summed E-state index contributed by atoms with van der Waals surface area (Å²) >= 11 is 0. The number of benzene rings is 1. The van der Waals surface area contributed by atoms with Crippen molar-refractivity contribution in [1.29, 1.82) is 0 Å². The quantitative estimate of drug-likeness (QED) is 0.478. The number of nitrogens with one attached hydrogen (secondary N) is 3. The Morgan fingerprint density at radius 1 is 1.11 bits per heavy atom. The number of ether oxygens (including phenoxy) is 2. The monoisotopic (exact) mass is 435 g/mol. The van der Waals surface area contributed by atoms with E-state index in [0.29, 0.717) is 37.8 Å². The van der Waals surface area contributed by atoms with Crippen molar-refractivity contribution in [2.45, 2.75) is 38.1 Å². The molecule has 1 aliphatic rings. The molecule has 1 amide bonds. The van der Waals surface area contributed by atoms with Gasteiger partial charge in [0.2, 0.25) is 15.9 Å². The van der Waals surface area contributed by atoms with Crippen LogP contribution in [0.5, 0.6) is 11.5 Å². The Bertz CT molecular complexity index is 743. The Morgan fingerprint density at radius 3 is 2.43 bits per heavy atom. The lowest BCUT2D eigenvalue weighted by atomic mass is 10.1. The Labute approximate surface area is 173 Å². The lowest BCUT2D eigenvalue weighted by molar-refractivity contribution is -0.123. The van der Waals surface area contributed by atoms with E-state index in [2.05, 4.69) is 22.3 Å². The van der Waals surface area contributed by atoms with Crippen LogP contribution in [0.1, 0.15) is 27.2 Å². The van der Waals surface area contributed by atoms with Crippen LogP contribution in [0.2, 0.25) is 0 Å². The summed E-state index contributed by atoms with van der Waals surface area (Å²) in [7, 11) is -3.88. The fourth-order valence-electron chi connectivity index (χ4n) is 2.60. The molecule has 0 radical (unpaired) electrons. The molecule has 1 atom stereocenters. The molecule has 0 aromatic heterocycles. The molecule has 28 heavy (non-hydrogen) atoms. The third kappa shape index (κ3) is 6.80. The highest BCUT2D eigenvalue weighted by Crippen LogP contribution is 2.32. The lowest BCUT2D eigenvalue weighted by Gasteiger charge is -2.23. The summed E-state index contributed by atoms with van der Waals surface area (Å²) in [4.78, 5) is 12.5. The molecule has 1 aliphatic heterocycles. The number of hydrogen-bond acceptors (Lipinski definition) is 6.